The highest BCUT2D eigenvalue weighted by molar-refractivity contribution is 8.00. The van der Waals surface area contributed by atoms with E-state index in [1.807, 2.05) is 0 Å². The van der Waals surface area contributed by atoms with Gasteiger partial charge < -0.3 is 9.84 Å². The maximum atomic E-state index is 14.1. The molecule has 148 valence electrons. The Morgan fingerprint density at radius 2 is 1.96 bits per heavy atom. The predicted molar refractivity (Wildman–Crippen MR) is 88.1 cm³/mol. The van der Waals surface area contributed by atoms with E-state index in [1.54, 1.807) is 0 Å². The molecular weight excluding hydrogens is 410 g/mol. The summed E-state index contributed by atoms with van der Waals surface area (Å²) in [6.07, 6.45) is -2.08. The number of halogens is 6. The summed E-state index contributed by atoms with van der Waals surface area (Å²) in [6, 6.07) is 4.20. The van der Waals surface area contributed by atoms with Gasteiger partial charge in [-0.15, -0.1) is 0 Å². The van der Waals surface area contributed by atoms with Crippen LogP contribution in [0.1, 0.15) is 17.2 Å². The number of ether oxygens (including phenoxy) is 1. The number of aromatic amines is 1. The summed E-state index contributed by atoms with van der Waals surface area (Å²) >= 11 is -0.592. The minimum atomic E-state index is -4.72. The molecule has 1 unspecified atom stereocenters. The van der Waals surface area contributed by atoms with Gasteiger partial charge >= 0.3 is 5.51 Å². The first-order valence-electron chi connectivity index (χ1n) is 7.83. The van der Waals surface area contributed by atoms with Crippen molar-refractivity contribution in [1.82, 2.24) is 10.2 Å². The lowest BCUT2D eigenvalue weighted by Gasteiger charge is -2.17. The molecule has 1 aromatic heterocycles. The lowest BCUT2D eigenvalue weighted by atomic mass is 10.1. The highest BCUT2D eigenvalue weighted by Crippen LogP contribution is 2.53. The largest absolute Gasteiger partial charge is 0.456 e. The van der Waals surface area contributed by atoms with Crippen LogP contribution in [0, 0.1) is 5.82 Å². The Morgan fingerprint density at radius 1 is 1.21 bits per heavy atom. The zero-order chi connectivity index (χ0) is 20.3. The van der Waals surface area contributed by atoms with Crippen molar-refractivity contribution in [3.8, 4) is 11.5 Å². The second kappa shape index (κ2) is 6.31. The molecule has 4 rings (SSSR count). The number of aliphatic hydroxyl groups is 1. The number of hydrogen-bond acceptors (Lipinski definition) is 4. The quantitative estimate of drug-likeness (QED) is 0.444. The number of H-pyrrole nitrogens is 1. The van der Waals surface area contributed by atoms with Gasteiger partial charge in [0.2, 0.25) is 0 Å². The number of nitrogens with one attached hydrogen (secondary N) is 1. The van der Waals surface area contributed by atoms with Crippen molar-refractivity contribution in [2.75, 3.05) is 0 Å². The maximum absolute atomic E-state index is 14.1. The standard InChI is InChI=1S/C17H10F6N2O2S/c18-7-3-10-9(6-24-25-10)12(4-7)27-11-1-2-13(28-17(21,22)23)14-8(11)5-16(19,20)15(14)26/h1-4,6,15,26H,5H2,(H,24,25). The summed E-state index contributed by atoms with van der Waals surface area (Å²) in [5.74, 6) is -4.58. The first kappa shape index (κ1) is 18.9. The second-order valence-corrected chi connectivity index (χ2v) is 7.29. The van der Waals surface area contributed by atoms with E-state index in [0.717, 1.165) is 24.3 Å². The normalized spacial score (nSPS) is 18.5. The van der Waals surface area contributed by atoms with Crippen LogP contribution in [0.25, 0.3) is 10.9 Å². The Bertz CT molecular complexity index is 1070. The summed E-state index contributed by atoms with van der Waals surface area (Å²) in [6.45, 7) is 0. The van der Waals surface area contributed by atoms with E-state index in [9.17, 15) is 31.4 Å². The van der Waals surface area contributed by atoms with Crippen molar-refractivity contribution in [3.63, 3.8) is 0 Å². The average Bonchev–Trinajstić information content (AvgIpc) is 3.12. The van der Waals surface area contributed by atoms with E-state index >= 15 is 0 Å². The number of nitrogens with zero attached hydrogens (tertiary/aromatic N) is 1. The first-order valence-corrected chi connectivity index (χ1v) is 8.65. The fraction of sp³-hybridized carbons (Fsp3) is 0.235. The topological polar surface area (TPSA) is 58.1 Å². The highest BCUT2D eigenvalue weighted by Gasteiger charge is 2.50. The molecule has 0 aliphatic heterocycles. The molecule has 1 aliphatic carbocycles. The van der Waals surface area contributed by atoms with Crippen LogP contribution in [0.4, 0.5) is 26.3 Å². The van der Waals surface area contributed by atoms with Crippen molar-refractivity contribution in [2.24, 2.45) is 0 Å². The molecule has 0 saturated carbocycles. The molecule has 0 amide bonds. The van der Waals surface area contributed by atoms with Gasteiger partial charge in [-0.05, 0) is 30.0 Å². The van der Waals surface area contributed by atoms with Crippen molar-refractivity contribution in [2.45, 2.75) is 28.9 Å². The van der Waals surface area contributed by atoms with Gasteiger partial charge in [0.1, 0.15) is 23.4 Å². The van der Waals surface area contributed by atoms with E-state index in [0.29, 0.717) is 10.9 Å². The monoisotopic (exact) mass is 420 g/mol. The van der Waals surface area contributed by atoms with Gasteiger partial charge in [0.15, 0.2) is 0 Å². The molecule has 2 aromatic carbocycles. The number of alkyl halides is 5. The van der Waals surface area contributed by atoms with Crippen molar-refractivity contribution in [1.29, 1.82) is 0 Å². The molecule has 0 spiro atoms. The number of aliphatic hydroxyl groups excluding tert-OH is 1. The molecule has 0 saturated heterocycles. The van der Waals surface area contributed by atoms with Crippen LogP contribution in [0.3, 0.4) is 0 Å². The molecule has 28 heavy (non-hydrogen) atoms. The third-order valence-corrected chi connectivity index (χ3v) is 5.10. The molecule has 1 atom stereocenters. The van der Waals surface area contributed by atoms with Crippen molar-refractivity contribution >= 4 is 22.7 Å². The average molecular weight is 420 g/mol. The van der Waals surface area contributed by atoms with Gasteiger partial charge in [-0.3, -0.25) is 5.10 Å². The van der Waals surface area contributed by atoms with Gasteiger partial charge in [0.05, 0.1) is 17.1 Å². The summed E-state index contributed by atoms with van der Waals surface area (Å²) in [5.41, 5.74) is -5.22. The number of hydrogen-bond donors (Lipinski definition) is 2. The molecular formula is C17H10F6N2O2S. The molecule has 1 heterocycles. The fourth-order valence-corrected chi connectivity index (χ4v) is 3.88. The fourth-order valence-electron chi connectivity index (χ4n) is 3.15. The Balaban J connectivity index is 1.82. The van der Waals surface area contributed by atoms with Crippen LogP contribution in [-0.4, -0.2) is 26.7 Å². The lowest BCUT2D eigenvalue weighted by Crippen LogP contribution is -2.21. The highest BCUT2D eigenvalue weighted by atomic mass is 32.2. The van der Waals surface area contributed by atoms with Crippen LogP contribution in [-0.2, 0) is 6.42 Å². The number of rotatable bonds is 3. The van der Waals surface area contributed by atoms with E-state index in [4.69, 9.17) is 4.74 Å². The van der Waals surface area contributed by atoms with Gasteiger partial charge in [-0.1, -0.05) is 0 Å². The van der Waals surface area contributed by atoms with Crippen LogP contribution in [0.15, 0.2) is 35.4 Å². The summed E-state index contributed by atoms with van der Waals surface area (Å²) in [7, 11) is 0. The van der Waals surface area contributed by atoms with Gasteiger partial charge in [0.25, 0.3) is 5.92 Å². The minimum Gasteiger partial charge on any atom is -0.456 e. The summed E-state index contributed by atoms with van der Waals surface area (Å²) < 4.78 is 85.8. The molecule has 11 heteroatoms. The van der Waals surface area contributed by atoms with Crippen LogP contribution in [0.2, 0.25) is 0 Å². The molecule has 0 bridgehead atoms. The third-order valence-electron chi connectivity index (χ3n) is 4.29. The number of aromatic nitrogens is 2. The molecule has 2 N–H and O–H groups in total. The Labute approximate surface area is 157 Å². The molecule has 0 fully saturated rings. The molecule has 0 radical (unpaired) electrons. The minimum absolute atomic E-state index is 0.0492. The molecule has 1 aliphatic rings. The summed E-state index contributed by atoms with van der Waals surface area (Å²) in [5, 5.41) is 16.5. The van der Waals surface area contributed by atoms with E-state index < -0.39 is 52.0 Å². The van der Waals surface area contributed by atoms with Gasteiger partial charge in [-0.2, -0.15) is 18.3 Å². The Morgan fingerprint density at radius 3 is 2.68 bits per heavy atom. The van der Waals surface area contributed by atoms with Crippen LogP contribution in [0.5, 0.6) is 11.5 Å². The second-order valence-electron chi connectivity index (χ2n) is 6.18. The van der Waals surface area contributed by atoms with Gasteiger partial charge in [0, 0.05) is 28.5 Å². The zero-order valence-electron chi connectivity index (χ0n) is 13.6. The number of thioether (sulfide) groups is 1. The first-order chi connectivity index (χ1) is 13.0. The Kier molecular flexibility index (Phi) is 4.27. The maximum Gasteiger partial charge on any atom is 0.446 e. The number of fused-ring (bicyclic) bond motifs is 2. The zero-order valence-corrected chi connectivity index (χ0v) is 14.5. The van der Waals surface area contributed by atoms with Crippen molar-refractivity contribution in [3.05, 3.63) is 47.4 Å². The third kappa shape index (κ3) is 3.28. The summed E-state index contributed by atoms with van der Waals surface area (Å²) in [4.78, 5) is -0.535. The van der Waals surface area contributed by atoms with E-state index in [1.165, 1.54) is 6.20 Å². The van der Waals surface area contributed by atoms with Crippen LogP contribution < -0.4 is 4.74 Å². The van der Waals surface area contributed by atoms with Crippen LogP contribution >= 0.6 is 11.8 Å². The predicted octanol–water partition coefficient (Wildman–Crippen LogP) is 5.33. The van der Waals surface area contributed by atoms with Gasteiger partial charge in [-0.25, -0.2) is 13.2 Å². The van der Waals surface area contributed by atoms with E-state index in [-0.39, 0.29) is 17.1 Å². The van der Waals surface area contributed by atoms with E-state index in [2.05, 4.69) is 10.2 Å². The molecule has 3 aromatic rings. The smallest absolute Gasteiger partial charge is 0.446 e. The Hall–Kier alpha value is -2.40. The lowest BCUT2D eigenvalue weighted by molar-refractivity contribution is -0.0977. The molecule has 4 nitrogen and oxygen atoms in total. The van der Waals surface area contributed by atoms with Crippen molar-refractivity contribution < 1.29 is 36.2 Å². The SMILES string of the molecule is OC1c2c(SC(F)(F)F)ccc(Oc3cc(F)cc4[nH]ncc34)c2CC1(F)F. The number of benzene rings is 2.